The molecule has 1 aliphatic carbocycles. The predicted octanol–water partition coefficient (Wildman–Crippen LogP) is 3.36. The Hall–Kier alpha value is -2.64. The fraction of sp³-hybridized carbons (Fsp3) is 0.318. The Kier molecular flexibility index (Phi) is 6.10. The van der Waals surface area contributed by atoms with Crippen molar-refractivity contribution in [2.45, 2.75) is 24.7 Å². The van der Waals surface area contributed by atoms with Gasteiger partial charge in [-0.3, -0.25) is 9.10 Å². The van der Waals surface area contributed by atoms with E-state index in [-0.39, 0.29) is 10.8 Å². The van der Waals surface area contributed by atoms with Crippen LogP contribution in [0.5, 0.6) is 0 Å². The number of hydrogen-bond acceptors (Lipinski definition) is 4. The first-order chi connectivity index (χ1) is 13.7. The molecule has 0 saturated heterocycles. The summed E-state index contributed by atoms with van der Waals surface area (Å²) in [6, 6.07) is 12.0. The van der Waals surface area contributed by atoms with Crippen LogP contribution in [0, 0.1) is 0 Å². The van der Waals surface area contributed by atoms with E-state index in [0.717, 1.165) is 24.9 Å². The number of rotatable bonds is 7. The van der Waals surface area contributed by atoms with Gasteiger partial charge in [0.2, 0.25) is 5.91 Å². The van der Waals surface area contributed by atoms with Crippen molar-refractivity contribution in [1.82, 2.24) is 4.90 Å². The van der Waals surface area contributed by atoms with Crippen molar-refractivity contribution in [2.24, 2.45) is 0 Å². The standard InChI is InChI=1S/C22H27N3O3S/c1-16(26)23-19-8-11-21(12-9-19)29(27,28)25(4)20-10-7-17-5-6-18(22(17)15-20)13-14-24(2)3/h6-12,15H,5,13-14H2,1-4H3,(H,23,26). The van der Waals surface area contributed by atoms with Crippen LogP contribution < -0.4 is 9.62 Å². The van der Waals surface area contributed by atoms with E-state index in [1.54, 1.807) is 19.2 Å². The summed E-state index contributed by atoms with van der Waals surface area (Å²) in [6.07, 6.45) is 4.05. The van der Waals surface area contributed by atoms with Crippen LogP contribution in [0.3, 0.4) is 0 Å². The minimum Gasteiger partial charge on any atom is -0.326 e. The first kappa shape index (κ1) is 21.1. The highest BCUT2D eigenvalue weighted by Crippen LogP contribution is 2.34. The van der Waals surface area contributed by atoms with Crippen LogP contribution in [0.1, 0.15) is 24.5 Å². The summed E-state index contributed by atoms with van der Waals surface area (Å²) >= 11 is 0. The first-order valence-corrected chi connectivity index (χ1v) is 11.0. The van der Waals surface area contributed by atoms with Crippen LogP contribution in [0.2, 0.25) is 0 Å². The molecule has 2 aromatic rings. The molecule has 0 saturated carbocycles. The Morgan fingerprint density at radius 2 is 1.76 bits per heavy atom. The van der Waals surface area contributed by atoms with E-state index in [1.165, 1.54) is 34.5 Å². The van der Waals surface area contributed by atoms with E-state index in [2.05, 4.69) is 16.3 Å². The highest BCUT2D eigenvalue weighted by atomic mass is 32.2. The molecule has 0 radical (unpaired) electrons. The van der Waals surface area contributed by atoms with Crippen molar-refractivity contribution >= 4 is 32.9 Å². The van der Waals surface area contributed by atoms with Crippen LogP contribution in [0.25, 0.3) is 5.57 Å². The Labute approximate surface area is 172 Å². The Balaban J connectivity index is 1.84. The summed E-state index contributed by atoms with van der Waals surface area (Å²) in [6.45, 7) is 2.36. The number of benzene rings is 2. The lowest BCUT2D eigenvalue weighted by Crippen LogP contribution is -2.26. The largest absolute Gasteiger partial charge is 0.326 e. The van der Waals surface area contributed by atoms with Crippen LogP contribution >= 0.6 is 0 Å². The van der Waals surface area contributed by atoms with Crippen LogP contribution in [-0.2, 0) is 21.2 Å². The van der Waals surface area contributed by atoms with E-state index in [4.69, 9.17) is 0 Å². The molecular weight excluding hydrogens is 386 g/mol. The molecule has 0 aromatic heterocycles. The summed E-state index contributed by atoms with van der Waals surface area (Å²) in [5, 5.41) is 2.64. The minimum absolute atomic E-state index is 0.179. The molecule has 2 aromatic carbocycles. The number of anilines is 2. The zero-order chi connectivity index (χ0) is 21.2. The second kappa shape index (κ2) is 8.39. The van der Waals surface area contributed by atoms with Gasteiger partial charge in [0.05, 0.1) is 10.6 Å². The molecule has 1 amide bonds. The number of fused-ring (bicyclic) bond motifs is 1. The topological polar surface area (TPSA) is 69.7 Å². The van der Waals surface area contributed by atoms with Crippen LogP contribution in [-0.4, -0.2) is 46.9 Å². The van der Waals surface area contributed by atoms with Gasteiger partial charge < -0.3 is 10.2 Å². The van der Waals surface area contributed by atoms with Crippen molar-refractivity contribution in [2.75, 3.05) is 37.3 Å². The van der Waals surface area contributed by atoms with Gasteiger partial charge in [0.1, 0.15) is 0 Å². The molecule has 3 rings (SSSR count). The lowest BCUT2D eigenvalue weighted by molar-refractivity contribution is -0.114. The van der Waals surface area contributed by atoms with Gasteiger partial charge in [0, 0.05) is 26.2 Å². The van der Waals surface area contributed by atoms with Gasteiger partial charge in [0.25, 0.3) is 10.0 Å². The van der Waals surface area contributed by atoms with Crippen molar-refractivity contribution in [3.63, 3.8) is 0 Å². The normalized spacial score (nSPS) is 13.2. The molecule has 1 aliphatic rings. The highest BCUT2D eigenvalue weighted by Gasteiger charge is 2.23. The van der Waals surface area contributed by atoms with Gasteiger partial charge in [-0.25, -0.2) is 8.42 Å². The molecule has 0 bridgehead atoms. The summed E-state index contributed by atoms with van der Waals surface area (Å²) in [5.74, 6) is -0.200. The predicted molar refractivity (Wildman–Crippen MR) is 118 cm³/mol. The van der Waals surface area contributed by atoms with Crippen molar-refractivity contribution in [3.8, 4) is 0 Å². The second-order valence-corrected chi connectivity index (χ2v) is 9.48. The maximum absolute atomic E-state index is 13.1. The van der Waals surface area contributed by atoms with Crippen LogP contribution in [0.15, 0.2) is 53.4 Å². The van der Waals surface area contributed by atoms with E-state index in [0.29, 0.717) is 11.4 Å². The number of allylic oxidation sites excluding steroid dienone is 1. The molecule has 0 unspecified atom stereocenters. The fourth-order valence-corrected chi connectivity index (χ4v) is 4.56. The molecule has 1 N–H and O–H groups in total. The number of carbonyl (C=O) groups excluding carboxylic acids is 1. The number of hydrogen-bond donors (Lipinski definition) is 1. The van der Waals surface area contributed by atoms with Crippen LogP contribution in [0.4, 0.5) is 11.4 Å². The number of nitrogens with zero attached hydrogens (tertiary/aromatic N) is 2. The van der Waals surface area contributed by atoms with E-state index >= 15 is 0 Å². The number of nitrogens with one attached hydrogen (secondary N) is 1. The Morgan fingerprint density at radius 1 is 1.07 bits per heavy atom. The van der Waals surface area contributed by atoms with Crippen molar-refractivity contribution < 1.29 is 13.2 Å². The van der Waals surface area contributed by atoms with Crippen molar-refractivity contribution in [1.29, 1.82) is 0 Å². The van der Waals surface area contributed by atoms with Gasteiger partial charge in [-0.2, -0.15) is 0 Å². The molecule has 0 heterocycles. The average molecular weight is 414 g/mol. The minimum atomic E-state index is -3.70. The molecule has 0 spiro atoms. The quantitative estimate of drug-likeness (QED) is 0.756. The first-order valence-electron chi connectivity index (χ1n) is 9.52. The average Bonchev–Trinajstić information content (AvgIpc) is 3.08. The number of carbonyl (C=O) groups is 1. The maximum Gasteiger partial charge on any atom is 0.264 e. The molecule has 6 nitrogen and oxygen atoms in total. The summed E-state index contributed by atoms with van der Waals surface area (Å²) in [4.78, 5) is 13.5. The highest BCUT2D eigenvalue weighted by molar-refractivity contribution is 7.92. The fourth-order valence-electron chi connectivity index (χ4n) is 3.37. The molecule has 0 aliphatic heterocycles. The van der Waals surface area contributed by atoms with E-state index < -0.39 is 10.0 Å². The zero-order valence-electron chi connectivity index (χ0n) is 17.3. The lowest BCUT2D eigenvalue weighted by atomic mass is 10.0. The van der Waals surface area contributed by atoms with E-state index in [9.17, 15) is 13.2 Å². The SMILES string of the molecule is CC(=O)Nc1ccc(S(=O)(=O)N(C)c2ccc3c(c2)C(CCN(C)C)=CC3)cc1. The molecular formula is C22H27N3O3S. The third-order valence-corrected chi connectivity index (χ3v) is 6.83. The molecule has 154 valence electrons. The van der Waals surface area contributed by atoms with Gasteiger partial charge in [-0.05, 0) is 80.0 Å². The summed E-state index contributed by atoms with van der Waals surface area (Å²) in [7, 11) is 1.95. The van der Waals surface area contributed by atoms with Gasteiger partial charge >= 0.3 is 0 Å². The third kappa shape index (κ3) is 4.68. The van der Waals surface area contributed by atoms with Gasteiger partial charge in [0.15, 0.2) is 0 Å². The second-order valence-electron chi connectivity index (χ2n) is 7.51. The Bertz CT molecular complexity index is 1040. The number of amides is 1. The maximum atomic E-state index is 13.1. The molecule has 29 heavy (non-hydrogen) atoms. The zero-order valence-corrected chi connectivity index (χ0v) is 18.1. The molecule has 0 atom stereocenters. The van der Waals surface area contributed by atoms with Gasteiger partial charge in [-0.15, -0.1) is 0 Å². The molecule has 7 heteroatoms. The summed E-state index contributed by atoms with van der Waals surface area (Å²) < 4.78 is 27.5. The lowest BCUT2D eigenvalue weighted by Gasteiger charge is -2.21. The van der Waals surface area contributed by atoms with E-state index in [1.807, 2.05) is 32.3 Å². The molecule has 0 fully saturated rings. The van der Waals surface area contributed by atoms with Crippen molar-refractivity contribution in [3.05, 3.63) is 59.7 Å². The monoisotopic (exact) mass is 413 g/mol. The smallest absolute Gasteiger partial charge is 0.264 e. The van der Waals surface area contributed by atoms with Gasteiger partial charge in [-0.1, -0.05) is 12.1 Å². The third-order valence-electron chi connectivity index (χ3n) is 5.03. The summed E-state index contributed by atoms with van der Waals surface area (Å²) in [5.41, 5.74) is 4.82. The number of sulfonamides is 1. The Morgan fingerprint density at radius 3 is 2.38 bits per heavy atom.